The van der Waals surface area contributed by atoms with Crippen LogP contribution in [0.2, 0.25) is 0 Å². The average molecular weight is 266 g/mol. The normalized spacial score (nSPS) is 10.5. The van der Waals surface area contributed by atoms with Gasteiger partial charge in [0.25, 0.3) is 5.69 Å². The van der Waals surface area contributed by atoms with Crippen LogP contribution in [0.5, 0.6) is 0 Å². The molecular formula is C13H22N4O2. The molecule has 6 nitrogen and oxygen atoms in total. The summed E-state index contributed by atoms with van der Waals surface area (Å²) in [6.45, 7) is 7.74. The van der Waals surface area contributed by atoms with Crippen LogP contribution >= 0.6 is 0 Å². The van der Waals surface area contributed by atoms with Gasteiger partial charge >= 0.3 is 0 Å². The van der Waals surface area contributed by atoms with Gasteiger partial charge in [0.2, 0.25) is 0 Å². The summed E-state index contributed by atoms with van der Waals surface area (Å²) >= 11 is 0. The lowest BCUT2D eigenvalue weighted by Crippen LogP contribution is -2.07. The van der Waals surface area contributed by atoms with E-state index in [2.05, 4.69) is 29.5 Å². The van der Waals surface area contributed by atoms with Gasteiger partial charge in [-0.2, -0.15) is 0 Å². The molecule has 0 amide bonds. The van der Waals surface area contributed by atoms with E-state index in [9.17, 15) is 10.1 Å². The molecular weight excluding hydrogens is 244 g/mol. The van der Waals surface area contributed by atoms with Gasteiger partial charge in [-0.05, 0) is 25.7 Å². The number of nitro groups is 1. The van der Waals surface area contributed by atoms with E-state index in [0.717, 1.165) is 19.4 Å². The van der Waals surface area contributed by atoms with Gasteiger partial charge in [0.05, 0.1) is 17.1 Å². The third-order valence-corrected chi connectivity index (χ3v) is 2.64. The molecule has 1 aromatic rings. The van der Waals surface area contributed by atoms with E-state index < -0.39 is 4.92 Å². The van der Waals surface area contributed by atoms with E-state index in [4.69, 9.17) is 0 Å². The third kappa shape index (κ3) is 5.54. The van der Waals surface area contributed by atoms with Crippen LogP contribution in [-0.2, 0) is 0 Å². The van der Waals surface area contributed by atoms with Gasteiger partial charge in [0, 0.05) is 13.1 Å². The van der Waals surface area contributed by atoms with Gasteiger partial charge in [-0.1, -0.05) is 13.8 Å². The fourth-order valence-electron chi connectivity index (χ4n) is 1.71. The van der Waals surface area contributed by atoms with Crippen molar-refractivity contribution in [1.29, 1.82) is 0 Å². The molecule has 0 spiro atoms. The molecule has 1 aromatic heterocycles. The molecule has 0 unspecified atom stereocenters. The average Bonchev–Trinajstić information content (AvgIpc) is 2.34. The zero-order valence-electron chi connectivity index (χ0n) is 11.8. The SMILES string of the molecule is CCNc1cc([N+](=O)[O-])cc(NCCCC(C)C)n1. The van der Waals surface area contributed by atoms with Crippen LogP contribution in [0.25, 0.3) is 0 Å². The van der Waals surface area contributed by atoms with Crippen molar-refractivity contribution in [2.24, 2.45) is 5.92 Å². The van der Waals surface area contributed by atoms with Gasteiger partial charge in [0.15, 0.2) is 0 Å². The standard InChI is InChI=1S/C13H22N4O2/c1-4-14-12-8-11(17(18)19)9-13(16-12)15-7-5-6-10(2)3/h8-10H,4-7H2,1-3H3,(H2,14,15,16). The largest absolute Gasteiger partial charge is 0.370 e. The van der Waals surface area contributed by atoms with Crippen LogP contribution < -0.4 is 10.6 Å². The van der Waals surface area contributed by atoms with Crippen molar-refractivity contribution in [3.8, 4) is 0 Å². The topological polar surface area (TPSA) is 80.1 Å². The van der Waals surface area contributed by atoms with Gasteiger partial charge in [-0.15, -0.1) is 0 Å². The van der Waals surface area contributed by atoms with Crippen LogP contribution in [0, 0.1) is 16.0 Å². The van der Waals surface area contributed by atoms with Gasteiger partial charge in [-0.25, -0.2) is 4.98 Å². The summed E-state index contributed by atoms with van der Waals surface area (Å²) < 4.78 is 0. The third-order valence-electron chi connectivity index (χ3n) is 2.64. The van der Waals surface area contributed by atoms with E-state index in [1.165, 1.54) is 12.1 Å². The molecule has 0 bridgehead atoms. The van der Waals surface area contributed by atoms with Crippen LogP contribution in [-0.4, -0.2) is 23.0 Å². The highest BCUT2D eigenvalue weighted by Crippen LogP contribution is 2.20. The van der Waals surface area contributed by atoms with Gasteiger partial charge in [-0.3, -0.25) is 10.1 Å². The Morgan fingerprint density at radius 3 is 2.47 bits per heavy atom. The van der Waals surface area contributed by atoms with Crippen molar-refractivity contribution in [3.63, 3.8) is 0 Å². The molecule has 0 aromatic carbocycles. The minimum absolute atomic E-state index is 0.0531. The highest BCUT2D eigenvalue weighted by molar-refractivity contribution is 5.54. The Morgan fingerprint density at radius 2 is 1.95 bits per heavy atom. The summed E-state index contributed by atoms with van der Waals surface area (Å²) in [5.41, 5.74) is 0.0531. The quantitative estimate of drug-likeness (QED) is 0.429. The smallest absolute Gasteiger partial charge is 0.276 e. The molecule has 19 heavy (non-hydrogen) atoms. The Balaban J connectivity index is 2.67. The number of nitrogens with zero attached hydrogens (tertiary/aromatic N) is 2. The maximum absolute atomic E-state index is 10.9. The van der Waals surface area contributed by atoms with E-state index in [-0.39, 0.29) is 5.69 Å². The Kier molecular flexibility index (Phi) is 6.05. The van der Waals surface area contributed by atoms with E-state index >= 15 is 0 Å². The second-order valence-corrected chi connectivity index (χ2v) is 4.85. The molecule has 0 aliphatic heterocycles. The number of hydrogen-bond donors (Lipinski definition) is 2. The molecule has 106 valence electrons. The summed E-state index contributed by atoms with van der Waals surface area (Å²) in [4.78, 5) is 14.7. The second-order valence-electron chi connectivity index (χ2n) is 4.85. The summed E-state index contributed by atoms with van der Waals surface area (Å²) in [6.07, 6.45) is 2.15. The lowest BCUT2D eigenvalue weighted by molar-refractivity contribution is -0.384. The monoisotopic (exact) mass is 266 g/mol. The van der Waals surface area contributed by atoms with Gasteiger partial charge < -0.3 is 10.6 Å². The van der Waals surface area contributed by atoms with Gasteiger partial charge in [0.1, 0.15) is 11.6 Å². The molecule has 0 aliphatic rings. The van der Waals surface area contributed by atoms with Crippen LogP contribution in [0.3, 0.4) is 0 Å². The number of pyridine rings is 1. The van der Waals surface area contributed by atoms with Crippen LogP contribution in [0.4, 0.5) is 17.3 Å². The van der Waals surface area contributed by atoms with Crippen molar-refractivity contribution in [3.05, 3.63) is 22.2 Å². The maximum Gasteiger partial charge on any atom is 0.276 e. The fourth-order valence-corrected chi connectivity index (χ4v) is 1.71. The molecule has 0 aliphatic carbocycles. The zero-order chi connectivity index (χ0) is 14.3. The van der Waals surface area contributed by atoms with E-state index in [0.29, 0.717) is 24.1 Å². The first-order valence-electron chi connectivity index (χ1n) is 6.67. The number of hydrogen-bond acceptors (Lipinski definition) is 5. The molecule has 0 radical (unpaired) electrons. The minimum atomic E-state index is -0.401. The first-order chi connectivity index (χ1) is 9.02. The summed E-state index contributed by atoms with van der Waals surface area (Å²) in [5.74, 6) is 1.74. The molecule has 2 N–H and O–H groups in total. The predicted octanol–water partition coefficient (Wildman–Crippen LogP) is 3.27. The number of anilines is 2. The minimum Gasteiger partial charge on any atom is -0.370 e. The Bertz CT molecular complexity index is 421. The number of nitrogens with one attached hydrogen (secondary N) is 2. The maximum atomic E-state index is 10.9. The summed E-state index contributed by atoms with van der Waals surface area (Å²) in [6, 6.07) is 2.92. The molecule has 1 heterocycles. The first kappa shape index (κ1) is 15.2. The van der Waals surface area contributed by atoms with Crippen LogP contribution in [0.1, 0.15) is 33.6 Å². The van der Waals surface area contributed by atoms with Crippen molar-refractivity contribution in [2.45, 2.75) is 33.6 Å². The highest BCUT2D eigenvalue weighted by atomic mass is 16.6. The number of rotatable bonds is 8. The lowest BCUT2D eigenvalue weighted by Gasteiger charge is -2.09. The molecule has 1 rings (SSSR count). The molecule has 0 fully saturated rings. The van der Waals surface area contributed by atoms with Crippen LogP contribution in [0.15, 0.2) is 12.1 Å². The second kappa shape index (κ2) is 7.56. The number of aromatic nitrogens is 1. The Hall–Kier alpha value is -1.85. The summed E-state index contributed by atoms with van der Waals surface area (Å²) in [7, 11) is 0. The highest BCUT2D eigenvalue weighted by Gasteiger charge is 2.10. The lowest BCUT2D eigenvalue weighted by atomic mass is 10.1. The predicted molar refractivity (Wildman–Crippen MR) is 77.6 cm³/mol. The van der Waals surface area contributed by atoms with E-state index in [1.54, 1.807) is 0 Å². The van der Waals surface area contributed by atoms with Crippen molar-refractivity contribution in [1.82, 2.24) is 4.98 Å². The van der Waals surface area contributed by atoms with Crippen molar-refractivity contribution in [2.75, 3.05) is 23.7 Å². The van der Waals surface area contributed by atoms with Crippen molar-refractivity contribution < 1.29 is 4.92 Å². The zero-order valence-corrected chi connectivity index (χ0v) is 11.8. The fraction of sp³-hybridized carbons (Fsp3) is 0.615. The molecule has 0 saturated carbocycles. The first-order valence-corrected chi connectivity index (χ1v) is 6.67. The van der Waals surface area contributed by atoms with E-state index in [1.807, 2.05) is 6.92 Å². The molecule has 0 atom stereocenters. The Labute approximate surface area is 113 Å². The molecule has 0 saturated heterocycles. The van der Waals surface area contributed by atoms with Crippen molar-refractivity contribution >= 4 is 17.3 Å². The Morgan fingerprint density at radius 1 is 1.32 bits per heavy atom. The molecule has 6 heteroatoms. The summed E-state index contributed by atoms with van der Waals surface area (Å²) in [5, 5.41) is 17.0.